The van der Waals surface area contributed by atoms with Crippen molar-refractivity contribution in [1.29, 1.82) is 0 Å². The first kappa shape index (κ1) is 14.3. The Kier molecular flexibility index (Phi) is 5.18. The third-order valence-electron chi connectivity index (χ3n) is 3.17. The van der Waals surface area contributed by atoms with Crippen LogP contribution in [0, 0.1) is 6.92 Å². The molecule has 1 saturated heterocycles. The van der Waals surface area contributed by atoms with Crippen LogP contribution in [0.4, 0.5) is 0 Å². The van der Waals surface area contributed by atoms with Crippen LogP contribution in [0.15, 0.2) is 6.07 Å². The van der Waals surface area contributed by atoms with E-state index in [0.29, 0.717) is 17.2 Å². The zero-order chi connectivity index (χ0) is 13.7. The molecular formula is C13H21N3O2S. The fourth-order valence-corrected chi connectivity index (χ4v) is 3.04. The molecule has 1 fully saturated rings. The molecule has 1 aliphatic heterocycles. The Morgan fingerprint density at radius 1 is 1.53 bits per heavy atom. The third-order valence-corrected chi connectivity index (χ3v) is 4.20. The second-order valence-corrected chi connectivity index (χ2v) is 5.86. The van der Waals surface area contributed by atoms with Crippen molar-refractivity contribution in [3.8, 4) is 5.75 Å². The van der Waals surface area contributed by atoms with E-state index < -0.39 is 0 Å². The van der Waals surface area contributed by atoms with Crippen LogP contribution in [0.5, 0.6) is 5.75 Å². The zero-order valence-electron chi connectivity index (χ0n) is 11.5. The lowest BCUT2D eigenvalue weighted by Crippen LogP contribution is -2.46. The summed E-state index contributed by atoms with van der Waals surface area (Å²) >= 11 is 1.47. The van der Waals surface area contributed by atoms with Gasteiger partial charge in [0.15, 0.2) is 0 Å². The monoisotopic (exact) mass is 283 g/mol. The first-order valence-corrected chi connectivity index (χ1v) is 7.38. The van der Waals surface area contributed by atoms with E-state index in [9.17, 15) is 4.79 Å². The molecule has 0 bridgehead atoms. The second kappa shape index (κ2) is 6.88. The van der Waals surface area contributed by atoms with E-state index in [1.165, 1.54) is 11.3 Å². The number of ether oxygens (including phenoxy) is 1. The number of carbonyl (C=O) groups excluding carboxylic acids is 1. The van der Waals surface area contributed by atoms with E-state index in [4.69, 9.17) is 4.74 Å². The van der Waals surface area contributed by atoms with Gasteiger partial charge in [0.05, 0.1) is 7.11 Å². The van der Waals surface area contributed by atoms with Gasteiger partial charge in [0.2, 0.25) is 0 Å². The van der Waals surface area contributed by atoms with Crippen LogP contribution in [0.25, 0.3) is 0 Å². The van der Waals surface area contributed by atoms with Gasteiger partial charge in [0, 0.05) is 44.1 Å². The molecule has 1 aromatic heterocycles. The smallest absolute Gasteiger partial charge is 0.265 e. The maximum atomic E-state index is 12.1. The van der Waals surface area contributed by atoms with Gasteiger partial charge < -0.3 is 15.4 Å². The molecular weight excluding hydrogens is 262 g/mol. The van der Waals surface area contributed by atoms with Gasteiger partial charge in [-0.1, -0.05) is 0 Å². The Morgan fingerprint density at radius 2 is 2.26 bits per heavy atom. The molecule has 0 saturated carbocycles. The summed E-state index contributed by atoms with van der Waals surface area (Å²) in [4.78, 5) is 16.2. The Balaban J connectivity index is 1.80. The molecule has 0 spiro atoms. The lowest BCUT2D eigenvalue weighted by Gasteiger charge is -2.27. The minimum Gasteiger partial charge on any atom is -0.495 e. The Bertz CT molecular complexity index is 428. The summed E-state index contributed by atoms with van der Waals surface area (Å²) in [6.07, 6.45) is 0. The van der Waals surface area contributed by atoms with Gasteiger partial charge in [0.25, 0.3) is 5.91 Å². The first-order chi connectivity index (χ1) is 9.20. The van der Waals surface area contributed by atoms with Crippen molar-refractivity contribution in [3.63, 3.8) is 0 Å². The quantitative estimate of drug-likeness (QED) is 0.835. The number of rotatable bonds is 5. The average Bonchev–Trinajstić information content (AvgIpc) is 2.81. The predicted molar refractivity (Wildman–Crippen MR) is 77.3 cm³/mol. The Hall–Kier alpha value is -1.11. The highest BCUT2D eigenvalue weighted by molar-refractivity contribution is 7.14. The lowest BCUT2D eigenvalue weighted by atomic mass is 10.3. The summed E-state index contributed by atoms with van der Waals surface area (Å²) in [6.45, 7) is 7.73. The Morgan fingerprint density at radius 3 is 2.95 bits per heavy atom. The molecule has 106 valence electrons. The molecule has 2 heterocycles. The number of thiophene rings is 1. The fraction of sp³-hybridized carbons (Fsp3) is 0.615. The van der Waals surface area contributed by atoms with E-state index in [0.717, 1.165) is 37.6 Å². The number of nitrogens with one attached hydrogen (secondary N) is 2. The molecule has 6 heteroatoms. The number of amides is 1. The normalized spacial score (nSPS) is 16.3. The van der Waals surface area contributed by atoms with E-state index >= 15 is 0 Å². The van der Waals surface area contributed by atoms with Gasteiger partial charge in [-0.25, -0.2) is 0 Å². The van der Waals surface area contributed by atoms with Gasteiger partial charge in [-0.2, -0.15) is 0 Å². The maximum Gasteiger partial charge on any atom is 0.265 e. The van der Waals surface area contributed by atoms with Crippen LogP contribution in [0.3, 0.4) is 0 Å². The number of piperazine rings is 1. The highest BCUT2D eigenvalue weighted by Gasteiger charge is 2.16. The molecule has 2 N–H and O–H groups in total. The molecule has 0 atom stereocenters. The van der Waals surface area contributed by atoms with Crippen molar-refractivity contribution in [2.75, 3.05) is 46.4 Å². The molecule has 0 radical (unpaired) electrons. The van der Waals surface area contributed by atoms with Gasteiger partial charge >= 0.3 is 0 Å². The summed E-state index contributed by atoms with van der Waals surface area (Å²) in [5.41, 5.74) is 0. The van der Waals surface area contributed by atoms with Gasteiger partial charge in [0.1, 0.15) is 10.6 Å². The molecule has 1 aliphatic rings. The molecule has 19 heavy (non-hydrogen) atoms. The third kappa shape index (κ3) is 3.92. The SMILES string of the molecule is COc1cc(C)sc1C(=O)NCCN1CCNCC1. The maximum absolute atomic E-state index is 12.1. The summed E-state index contributed by atoms with van der Waals surface area (Å²) < 4.78 is 5.21. The summed E-state index contributed by atoms with van der Waals surface area (Å²) in [7, 11) is 1.60. The van der Waals surface area contributed by atoms with E-state index in [1.807, 2.05) is 13.0 Å². The highest BCUT2D eigenvalue weighted by Crippen LogP contribution is 2.28. The summed E-state index contributed by atoms with van der Waals surface area (Å²) in [5, 5.41) is 6.28. The lowest BCUT2D eigenvalue weighted by molar-refractivity contribution is 0.0948. The molecule has 0 aliphatic carbocycles. The molecule has 2 rings (SSSR count). The number of aryl methyl sites for hydroxylation is 1. The number of hydrogen-bond donors (Lipinski definition) is 2. The van der Waals surface area contributed by atoms with Crippen LogP contribution in [0.2, 0.25) is 0 Å². The molecule has 1 aromatic rings. The molecule has 5 nitrogen and oxygen atoms in total. The summed E-state index contributed by atoms with van der Waals surface area (Å²) in [5.74, 6) is 0.632. The van der Waals surface area contributed by atoms with Crippen molar-refractivity contribution in [3.05, 3.63) is 15.8 Å². The zero-order valence-corrected chi connectivity index (χ0v) is 12.3. The van der Waals surface area contributed by atoms with E-state index in [1.54, 1.807) is 7.11 Å². The van der Waals surface area contributed by atoms with Gasteiger partial charge in [-0.3, -0.25) is 9.69 Å². The highest BCUT2D eigenvalue weighted by atomic mass is 32.1. The topological polar surface area (TPSA) is 53.6 Å². The average molecular weight is 283 g/mol. The molecule has 0 unspecified atom stereocenters. The van der Waals surface area contributed by atoms with Crippen molar-refractivity contribution in [1.82, 2.24) is 15.5 Å². The van der Waals surface area contributed by atoms with Crippen LogP contribution < -0.4 is 15.4 Å². The predicted octanol–water partition coefficient (Wildman–Crippen LogP) is 0.700. The van der Waals surface area contributed by atoms with Gasteiger partial charge in [-0.15, -0.1) is 11.3 Å². The first-order valence-electron chi connectivity index (χ1n) is 6.56. The molecule has 1 amide bonds. The van der Waals surface area contributed by atoms with Crippen molar-refractivity contribution in [2.45, 2.75) is 6.92 Å². The molecule has 0 aromatic carbocycles. The van der Waals surface area contributed by atoms with Crippen LogP contribution in [-0.4, -0.2) is 57.2 Å². The van der Waals surface area contributed by atoms with Crippen LogP contribution in [-0.2, 0) is 0 Å². The van der Waals surface area contributed by atoms with Crippen molar-refractivity contribution in [2.24, 2.45) is 0 Å². The number of nitrogens with zero attached hydrogens (tertiary/aromatic N) is 1. The second-order valence-electron chi connectivity index (χ2n) is 4.60. The minimum atomic E-state index is -0.0370. The van der Waals surface area contributed by atoms with Crippen molar-refractivity contribution >= 4 is 17.2 Å². The summed E-state index contributed by atoms with van der Waals surface area (Å²) in [6, 6.07) is 1.90. The largest absolute Gasteiger partial charge is 0.495 e. The Labute approximate surface area is 117 Å². The minimum absolute atomic E-state index is 0.0370. The van der Waals surface area contributed by atoms with Gasteiger partial charge in [-0.05, 0) is 13.0 Å². The van der Waals surface area contributed by atoms with Crippen LogP contribution >= 0.6 is 11.3 Å². The number of methoxy groups -OCH3 is 1. The fourth-order valence-electron chi connectivity index (χ4n) is 2.14. The standard InChI is InChI=1S/C13H21N3O2S/c1-10-9-11(18-2)12(19-10)13(17)15-5-8-16-6-3-14-4-7-16/h9,14H,3-8H2,1-2H3,(H,15,17). The number of hydrogen-bond acceptors (Lipinski definition) is 5. The van der Waals surface area contributed by atoms with Crippen molar-refractivity contribution < 1.29 is 9.53 Å². The van der Waals surface area contributed by atoms with E-state index in [2.05, 4.69) is 15.5 Å². The van der Waals surface area contributed by atoms with Crippen LogP contribution in [0.1, 0.15) is 14.5 Å². The van der Waals surface area contributed by atoms with E-state index in [-0.39, 0.29) is 5.91 Å². The number of carbonyl (C=O) groups is 1.